The molecule has 0 saturated heterocycles. The second-order valence-corrected chi connectivity index (χ2v) is 5.02. The van der Waals surface area contributed by atoms with E-state index >= 15 is 0 Å². The molecular weight excluding hydrogens is 246 g/mol. The van der Waals surface area contributed by atoms with Crippen LogP contribution in [0.3, 0.4) is 0 Å². The van der Waals surface area contributed by atoms with E-state index in [1.54, 1.807) is 0 Å². The van der Waals surface area contributed by atoms with Crippen molar-refractivity contribution in [2.45, 2.75) is 39.7 Å². The topological polar surface area (TPSA) is 20.3 Å². The number of aryl methyl sites for hydroxylation is 1. The van der Waals surface area contributed by atoms with Gasteiger partial charge in [-0.05, 0) is 38.3 Å². The molecule has 0 aromatic heterocycles. The fraction of sp³-hybridized carbons (Fsp3) is 0.533. The Kier molecular flexibility index (Phi) is 6.20. The third-order valence-electron chi connectivity index (χ3n) is 3.05. The van der Waals surface area contributed by atoms with E-state index in [0.717, 1.165) is 30.5 Å². The smallest absolute Gasteiger partial charge is 0.254 e. The number of rotatable bonds is 6. The maximum Gasteiger partial charge on any atom is 0.254 e. The van der Waals surface area contributed by atoms with Crippen molar-refractivity contribution in [2.75, 3.05) is 12.4 Å². The van der Waals surface area contributed by atoms with Crippen LogP contribution < -0.4 is 0 Å². The molecule has 0 radical (unpaired) electrons. The first-order valence-electron chi connectivity index (χ1n) is 6.56. The molecule has 1 aromatic rings. The molecule has 0 atom stereocenters. The van der Waals surface area contributed by atoms with Gasteiger partial charge in [0, 0.05) is 24.0 Å². The lowest BCUT2D eigenvalue weighted by Crippen LogP contribution is -2.38. The Hall–Kier alpha value is -1.02. The molecule has 0 aliphatic carbocycles. The second-order valence-electron chi connectivity index (χ2n) is 4.65. The fourth-order valence-electron chi connectivity index (χ4n) is 2.02. The van der Waals surface area contributed by atoms with Gasteiger partial charge in [-0.3, -0.25) is 4.79 Å². The van der Waals surface area contributed by atoms with E-state index in [1.165, 1.54) is 0 Å². The average molecular weight is 268 g/mol. The summed E-state index contributed by atoms with van der Waals surface area (Å²) < 4.78 is 0. The van der Waals surface area contributed by atoms with Gasteiger partial charge in [-0.15, -0.1) is 11.6 Å². The number of hydrogen-bond donors (Lipinski definition) is 0. The summed E-state index contributed by atoms with van der Waals surface area (Å²) >= 11 is 5.72. The van der Waals surface area contributed by atoms with Crippen molar-refractivity contribution in [1.82, 2.24) is 4.90 Å². The molecule has 18 heavy (non-hydrogen) atoms. The summed E-state index contributed by atoms with van der Waals surface area (Å²) in [5.74, 6) is 0.707. The predicted octanol–water partition coefficient (Wildman–Crippen LogP) is 3.73. The molecule has 1 rings (SSSR count). The summed E-state index contributed by atoms with van der Waals surface area (Å²) in [6.07, 6.45) is 1.71. The monoisotopic (exact) mass is 267 g/mol. The van der Waals surface area contributed by atoms with Crippen molar-refractivity contribution in [2.24, 2.45) is 0 Å². The lowest BCUT2D eigenvalue weighted by molar-refractivity contribution is 0.0705. The van der Waals surface area contributed by atoms with Crippen molar-refractivity contribution in [3.63, 3.8) is 0 Å². The number of alkyl halides is 1. The van der Waals surface area contributed by atoms with Gasteiger partial charge in [0.2, 0.25) is 0 Å². The minimum Gasteiger partial charge on any atom is -0.336 e. The van der Waals surface area contributed by atoms with Crippen LogP contribution in [0.25, 0.3) is 0 Å². The molecule has 1 aromatic carbocycles. The number of amides is 1. The van der Waals surface area contributed by atoms with Crippen molar-refractivity contribution in [1.29, 1.82) is 0 Å². The maximum absolute atomic E-state index is 12.6. The van der Waals surface area contributed by atoms with Gasteiger partial charge in [-0.25, -0.2) is 0 Å². The number of hydrogen-bond acceptors (Lipinski definition) is 1. The largest absolute Gasteiger partial charge is 0.336 e. The van der Waals surface area contributed by atoms with Crippen molar-refractivity contribution >= 4 is 17.5 Å². The van der Waals surface area contributed by atoms with Crippen molar-refractivity contribution in [3.8, 4) is 0 Å². The summed E-state index contributed by atoms with van der Waals surface area (Å²) in [4.78, 5) is 14.5. The Morgan fingerprint density at radius 1 is 1.33 bits per heavy atom. The Bertz CT molecular complexity index is 390. The Morgan fingerprint density at radius 3 is 2.56 bits per heavy atom. The average Bonchev–Trinajstić information content (AvgIpc) is 2.38. The molecule has 0 N–H and O–H groups in total. The maximum atomic E-state index is 12.6. The van der Waals surface area contributed by atoms with E-state index in [9.17, 15) is 4.79 Å². The molecule has 0 aliphatic heterocycles. The first-order chi connectivity index (χ1) is 8.61. The first-order valence-corrected chi connectivity index (χ1v) is 7.10. The molecule has 2 nitrogen and oxygen atoms in total. The Labute approximate surface area is 115 Å². The molecule has 0 aliphatic rings. The van der Waals surface area contributed by atoms with E-state index in [-0.39, 0.29) is 11.9 Å². The van der Waals surface area contributed by atoms with Gasteiger partial charge in [0.25, 0.3) is 5.91 Å². The third kappa shape index (κ3) is 3.74. The van der Waals surface area contributed by atoms with Gasteiger partial charge in [0.1, 0.15) is 0 Å². The number of carbonyl (C=O) groups excluding carboxylic acids is 1. The van der Waals surface area contributed by atoms with E-state index in [0.29, 0.717) is 5.88 Å². The zero-order valence-electron chi connectivity index (χ0n) is 11.4. The highest BCUT2D eigenvalue weighted by atomic mass is 35.5. The number of benzene rings is 1. The van der Waals surface area contributed by atoms with Crippen LogP contribution in [0.1, 0.15) is 43.1 Å². The zero-order valence-corrected chi connectivity index (χ0v) is 12.2. The molecule has 3 heteroatoms. The lowest BCUT2D eigenvalue weighted by Gasteiger charge is -2.27. The molecule has 100 valence electrons. The molecule has 0 heterocycles. The molecule has 0 fully saturated rings. The number of nitrogens with zero attached hydrogens (tertiary/aromatic N) is 1. The Balaban J connectivity index is 2.94. The predicted molar refractivity (Wildman–Crippen MR) is 77.3 cm³/mol. The normalized spacial score (nSPS) is 10.7. The summed E-state index contributed by atoms with van der Waals surface area (Å²) in [7, 11) is 0. The van der Waals surface area contributed by atoms with Gasteiger partial charge < -0.3 is 4.90 Å². The highest BCUT2D eigenvalue weighted by Crippen LogP contribution is 2.15. The number of carbonyl (C=O) groups is 1. The van der Waals surface area contributed by atoms with E-state index in [4.69, 9.17) is 11.6 Å². The van der Waals surface area contributed by atoms with Gasteiger partial charge in [0.05, 0.1) is 0 Å². The second kappa shape index (κ2) is 7.42. The number of halogens is 1. The van der Waals surface area contributed by atoms with Crippen LogP contribution in [0.5, 0.6) is 0 Å². The zero-order chi connectivity index (χ0) is 13.5. The van der Waals surface area contributed by atoms with Crippen LogP contribution in [0, 0.1) is 0 Å². The SMILES string of the molecule is CCc1ccccc1C(=O)N(CCCCl)C(C)C. The van der Waals surface area contributed by atoms with Crippen LogP contribution in [-0.2, 0) is 6.42 Å². The molecule has 0 unspecified atom stereocenters. The van der Waals surface area contributed by atoms with E-state index < -0.39 is 0 Å². The van der Waals surface area contributed by atoms with Crippen LogP contribution in [0.4, 0.5) is 0 Å². The van der Waals surface area contributed by atoms with Crippen LogP contribution in [-0.4, -0.2) is 29.3 Å². The molecule has 0 saturated carbocycles. The minimum absolute atomic E-state index is 0.118. The summed E-state index contributed by atoms with van der Waals surface area (Å²) in [5.41, 5.74) is 1.93. The fourth-order valence-corrected chi connectivity index (χ4v) is 2.14. The quantitative estimate of drug-likeness (QED) is 0.719. The summed E-state index contributed by atoms with van der Waals surface area (Å²) in [6.45, 7) is 6.88. The molecule has 1 amide bonds. The molecule has 0 bridgehead atoms. The van der Waals surface area contributed by atoms with Crippen molar-refractivity contribution in [3.05, 3.63) is 35.4 Å². The Morgan fingerprint density at radius 2 is 2.00 bits per heavy atom. The van der Waals surface area contributed by atoms with Gasteiger partial charge in [-0.1, -0.05) is 25.1 Å². The van der Waals surface area contributed by atoms with Crippen molar-refractivity contribution < 1.29 is 4.79 Å². The van der Waals surface area contributed by atoms with Crippen LogP contribution in [0.15, 0.2) is 24.3 Å². The molecule has 0 spiro atoms. The van der Waals surface area contributed by atoms with Gasteiger partial charge in [0.15, 0.2) is 0 Å². The van der Waals surface area contributed by atoms with E-state index in [1.807, 2.05) is 43.0 Å². The summed E-state index contributed by atoms with van der Waals surface area (Å²) in [6, 6.07) is 8.04. The highest BCUT2D eigenvalue weighted by molar-refractivity contribution is 6.17. The minimum atomic E-state index is 0.118. The van der Waals surface area contributed by atoms with Gasteiger partial charge >= 0.3 is 0 Å². The summed E-state index contributed by atoms with van der Waals surface area (Å²) in [5, 5.41) is 0. The lowest BCUT2D eigenvalue weighted by atomic mass is 10.0. The van der Waals surface area contributed by atoms with Gasteiger partial charge in [-0.2, -0.15) is 0 Å². The van der Waals surface area contributed by atoms with Crippen LogP contribution in [0.2, 0.25) is 0 Å². The van der Waals surface area contributed by atoms with Crippen LogP contribution >= 0.6 is 11.6 Å². The highest BCUT2D eigenvalue weighted by Gasteiger charge is 2.19. The molecular formula is C15H22ClNO. The van der Waals surface area contributed by atoms with E-state index in [2.05, 4.69) is 6.92 Å². The standard InChI is InChI=1S/C15H22ClNO/c1-4-13-8-5-6-9-14(13)15(18)17(12(2)3)11-7-10-16/h5-6,8-9,12H,4,7,10-11H2,1-3H3. The first kappa shape index (κ1) is 15.0. The third-order valence-corrected chi connectivity index (χ3v) is 3.31.